The van der Waals surface area contributed by atoms with E-state index in [1.165, 1.54) is 0 Å². The molecule has 2 N–H and O–H groups in total. The predicted molar refractivity (Wildman–Crippen MR) is 82.9 cm³/mol. The van der Waals surface area contributed by atoms with Crippen molar-refractivity contribution in [3.05, 3.63) is 28.3 Å². The number of para-hydroxylation sites is 1. The molecular weight excluding hydrogens is 270 g/mol. The summed E-state index contributed by atoms with van der Waals surface area (Å²) in [5.74, 6) is 0.764. The van der Waals surface area contributed by atoms with Crippen LogP contribution in [0.1, 0.15) is 26.7 Å². The number of benzene rings is 1. The molecule has 0 aromatic heterocycles. The Kier molecular flexibility index (Phi) is 5.01. The normalized spacial score (nSPS) is 22.1. The standard InChI is InChI=1S/C15H23N3O3/c1-3-7-21-14-6-4-5-13(15(14)18(19)20)17-9-11(2)8-12(16)10-17/h4-6,11-12H,3,7-10,16H2,1-2H3. The molecule has 1 aliphatic rings. The smallest absolute Gasteiger partial charge is 0.333 e. The monoisotopic (exact) mass is 293 g/mol. The highest BCUT2D eigenvalue weighted by Gasteiger charge is 2.29. The molecule has 2 rings (SSSR count). The summed E-state index contributed by atoms with van der Waals surface area (Å²) in [6.45, 7) is 5.99. The van der Waals surface area contributed by atoms with Gasteiger partial charge in [-0.3, -0.25) is 10.1 Å². The van der Waals surface area contributed by atoms with Gasteiger partial charge in [0.1, 0.15) is 5.69 Å². The van der Waals surface area contributed by atoms with Crippen LogP contribution in [-0.4, -0.2) is 30.7 Å². The first-order valence-electron chi connectivity index (χ1n) is 7.43. The molecule has 0 bridgehead atoms. The molecule has 116 valence electrons. The lowest BCUT2D eigenvalue weighted by Crippen LogP contribution is -2.46. The second kappa shape index (κ2) is 6.76. The number of nitro benzene ring substituents is 1. The third-order valence-corrected chi connectivity index (χ3v) is 3.65. The highest BCUT2D eigenvalue weighted by atomic mass is 16.6. The lowest BCUT2D eigenvalue weighted by Gasteiger charge is -2.36. The van der Waals surface area contributed by atoms with Gasteiger partial charge in [-0.25, -0.2) is 0 Å². The molecule has 1 heterocycles. The van der Waals surface area contributed by atoms with E-state index in [1.54, 1.807) is 18.2 Å². The Labute approximate surface area is 125 Å². The van der Waals surface area contributed by atoms with E-state index >= 15 is 0 Å². The predicted octanol–water partition coefficient (Wildman–Crippen LogP) is 2.56. The molecule has 0 spiro atoms. The number of anilines is 1. The van der Waals surface area contributed by atoms with Gasteiger partial charge in [-0.15, -0.1) is 0 Å². The van der Waals surface area contributed by atoms with Crippen LogP contribution in [0.2, 0.25) is 0 Å². The van der Waals surface area contributed by atoms with Crippen LogP contribution in [0.3, 0.4) is 0 Å². The second-order valence-corrected chi connectivity index (χ2v) is 5.74. The van der Waals surface area contributed by atoms with Gasteiger partial charge in [0.05, 0.1) is 11.5 Å². The maximum atomic E-state index is 11.5. The number of nitrogens with zero attached hydrogens (tertiary/aromatic N) is 2. The minimum atomic E-state index is -0.356. The van der Waals surface area contributed by atoms with Crippen molar-refractivity contribution in [2.24, 2.45) is 11.7 Å². The van der Waals surface area contributed by atoms with Crippen LogP contribution in [0, 0.1) is 16.0 Å². The minimum Gasteiger partial charge on any atom is -0.487 e. The third-order valence-electron chi connectivity index (χ3n) is 3.65. The van der Waals surface area contributed by atoms with Gasteiger partial charge >= 0.3 is 5.69 Å². The molecule has 6 nitrogen and oxygen atoms in total. The third kappa shape index (κ3) is 3.64. The number of hydrogen-bond donors (Lipinski definition) is 1. The lowest BCUT2D eigenvalue weighted by molar-refractivity contribution is -0.385. The topological polar surface area (TPSA) is 81.6 Å². The molecule has 6 heteroatoms. The quantitative estimate of drug-likeness (QED) is 0.666. The van der Waals surface area contributed by atoms with Gasteiger partial charge in [0.25, 0.3) is 0 Å². The molecular formula is C15H23N3O3. The van der Waals surface area contributed by atoms with Gasteiger partial charge in [0.2, 0.25) is 0 Å². The van der Waals surface area contributed by atoms with Crippen LogP contribution in [-0.2, 0) is 0 Å². The van der Waals surface area contributed by atoms with Crippen LogP contribution in [0.15, 0.2) is 18.2 Å². The Morgan fingerprint density at radius 1 is 1.48 bits per heavy atom. The fourth-order valence-electron chi connectivity index (χ4n) is 2.87. The van der Waals surface area contributed by atoms with Crippen LogP contribution < -0.4 is 15.4 Å². The summed E-state index contributed by atoms with van der Waals surface area (Å²) >= 11 is 0. The molecule has 0 radical (unpaired) electrons. The zero-order valence-electron chi connectivity index (χ0n) is 12.6. The SMILES string of the molecule is CCCOc1cccc(N2CC(C)CC(N)C2)c1[N+](=O)[O-]. The van der Waals surface area contributed by atoms with Crippen molar-refractivity contribution < 1.29 is 9.66 Å². The van der Waals surface area contributed by atoms with E-state index in [4.69, 9.17) is 10.5 Å². The molecule has 0 amide bonds. The van der Waals surface area contributed by atoms with Gasteiger partial charge in [-0.1, -0.05) is 19.9 Å². The summed E-state index contributed by atoms with van der Waals surface area (Å²) in [5.41, 5.74) is 6.71. The van der Waals surface area contributed by atoms with Gasteiger partial charge in [0.15, 0.2) is 5.75 Å². The largest absolute Gasteiger partial charge is 0.487 e. The number of ether oxygens (including phenoxy) is 1. The van der Waals surface area contributed by atoms with Gasteiger partial charge < -0.3 is 15.4 Å². The highest BCUT2D eigenvalue weighted by molar-refractivity contribution is 5.70. The molecule has 1 aromatic carbocycles. The van der Waals surface area contributed by atoms with Crippen molar-refractivity contribution in [3.63, 3.8) is 0 Å². The molecule has 1 saturated heterocycles. The first-order chi connectivity index (χ1) is 10.0. The first kappa shape index (κ1) is 15.6. The number of hydrogen-bond acceptors (Lipinski definition) is 5. The Morgan fingerprint density at radius 3 is 2.86 bits per heavy atom. The van der Waals surface area contributed by atoms with Crippen molar-refractivity contribution in [1.29, 1.82) is 0 Å². The zero-order chi connectivity index (χ0) is 15.4. The van der Waals surface area contributed by atoms with Gasteiger partial charge in [-0.2, -0.15) is 0 Å². The van der Waals surface area contributed by atoms with Gasteiger partial charge in [-0.05, 0) is 30.9 Å². The van der Waals surface area contributed by atoms with Crippen molar-refractivity contribution in [2.75, 3.05) is 24.6 Å². The molecule has 1 aliphatic heterocycles. The number of nitro groups is 1. The highest BCUT2D eigenvalue weighted by Crippen LogP contribution is 2.38. The molecule has 0 aliphatic carbocycles. The van der Waals surface area contributed by atoms with Crippen molar-refractivity contribution in [2.45, 2.75) is 32.7 Å². The van der Waals surface area contributed by atoms with Gasteiger partial charge in [0, 0.05) is 19.1 Å². The Hall–Kier alpha value is -1.82. The maximum absolute atomic E-state index is 11.5. The molecule has 0 saturated carbocycles. The number of piperidine rings is 1. The van der Waals surface area contributed by atoms with E-state index in [1.807, 2.05) is 11.8 Å². The zero-order valence-corrected chi connectivity index (χ0v) is 12.6. The van der Waals surface area contributed by atoms with E-state index in [9.17, 15) is 10.1 Å². The first-order valence-corrected chi connectivity index (χ1v) is 7.43. The summed E-state index contributed by atoms with van der Waals surface area (Å²) in [6, 6.07) is 5.29. The summed E-state index contributed by atoms with van der Waals surface area (Å²) in [5, 5.41) is 11.5. The fourth-order valence-corrected chi connectivity index (χ4v) is 2.87. The molecule has 21 heavy (non-hydrogen) atoms. The molecule has 1 fully saturated rings. The Bertz CT molecular complexity index is 497. The number of nitrogens with two attached hydrogens (primary N) is 1. The summed E-state index contributed by atoms with van der Waals surface area (Å²) < 4.78 is 5.53. The van der Waals surface area contributed by atoms with Crippen LogP contribution in [0.5, 0.6) is 5.75 Å². The molecule has 2 unspecified atom stereocenters. The van der Waals surface area contributed by atoms with E-state index in [0.29, 0.717) is 30.5 Å². The molecule has 1 aromatic rings. The Balaban J connectivity index is 2.35. The van der Waals surface area contributed by atoms with Crippen LogP contribution in [0.25, 0.3) is 0 Å². The van der Waals surface area contributed by atoms with E-state index in [0.717, 1.165) is 19.4 Å². The minimum absolute atomic E-state index is 0.0484. The second-order valence-electron chi connectivity index (χ2n) is 5.74. The average Bonchev–Trinajstić information content (AvgIpc) is 2.43. The summed E-state index contributed by atoms with van der Waals surface area (Å²) in [7, 11) is 0. The maximum Gasteiger partial charge on any atom is 0.333 e. The number of rotatable bonds is 5. The van der Waals surface area contributed by atoms with E-state index in [2.05, 4.69) is 6.92 Å². The summed E-state index contributed by atoms with van der Waals surface area (Å²) in [4.78, 5) is 13.1. The Morgan fingerprint density at radius 2 is 2.24 bits per heavy atom. The van der Waals surface area contributed by atoms with Crippen molar-refractivity contribution >= 4 is 11.4 Å². The molecule has 2 atom stereocenters. The van der Waals surface area contributed by atoms with Crippen molar-refractivity contribution in [3.8, 4) is 5.75 Å². The van der Waals surface area contributed by atoms with Crippen LogP contribution in [0.4, 0.5) is 11.4 Å². The van der Waals surface area contributed by atoms with E-state index in [-0.39, 0.29) is 16.7 Å². The average molecular weight is 293 g/mol. The summed E-state index contributed by atoms with van der Waals surface area (Å²) in [6.07, 6.45) is 1.77. The lowest BCUT2D eigenvalue weighted by atomic mass is 9.96. The van der Waals surface area contributed by atoms with E-state index < -0.39 is 0 Å². The van der Waals surface area contributed by atoms with Crippen LogP contribution >= 0.6 is 0 Å². The van der Waals surface area contributed by atoms with Crippen molar-refractivity contribution in [1.82, 2.24) is 0 Å². The fraction of sp³-hybridized carbons (Fsp3) is 0.600.